The quantitative estimate of drug-likeness (QED) is 0.903. The summed E-state index contributed by atoms with van der Waals surface area (Å²) in [6.07, 6.45) is 3.60. The highest BCUT2D eigenvalue weighted by molar-refractivity contribution is 7.10. The number of carbonyl (C=O) groups excluding carboxylic acids is 1. The van der Waals surface area contributed by atoms with E-state index in [0.29, 0.717) is 6.54 Å². The molecule has 1 aromatic carbocycles. The van der Waals surface area contributed by atoms with E-state index in [1.807, 2.05) is 11.3 Å². The normalized spacial score (nSPS) is 20.0. The lowest BCUT2D eigenvalue weighted by atomic mass is 9.90. The molecule has 0 radical (unpaired) electrons. The lowest BCUT2D eigenvalue weighted by Crippen LogP contribution is -2.44. The molecular weight excluding hydrogens is 316 g/mol. The predicted molar refractivity (Wildman–Crippen MR) is 98.4 cm³/mol. The molecule has 3 nitrogen and oxygen atoms in total. The van der Waals surface area contributed by atoms with E-state index in [-0.39, 0.29) is 11.9 Å². The van der Waals surface area contributed by atoms with Gasteiger partial charge in [0, 0.05) is 11.4 Å². The van der Waals surface area contributed by atoms with Crippen LogP contribution in [0.15, 0.2) is 35.7 Å². The van der Waals surface area contributed by atoms with Crippen molar-refractivity contribution < 1.29 is 4.79 Å². The third-order valence-corrected chi connectivity index (χ3v) is 6.17. The summed E-state index contributed by atoms with van der Waals surface area (Å²) < 4.78 is 0. The molecule has 2 aromatic rings. The van der Waals surface area contributed by atoms with Gasteiger partial charge in [-0.1, -0.05) is 24.3 Å². The first-order valence-electron chi connectivity index (χ1n) is 8.86. The van der Waals surface area contributed by atoms with Crippen LogP contribution in [-0.2, 0) is 11.2 Å². The third-order valence-electron chi connectivity index (χ3n) is 5.18. The van der Waals surface area contributed by atoms with Gasteiger partial charge in [0.25, 0.3) is 0 Å². The largest absolute Gasteiger partial charge is 0.330 e. The zero-order chi connectivity index (χ0) is 16.5. The van der Waals surface area contributed by atoms with Crippen molar-refractivity contribution in [2.24, 2.45) is 5.92 Å². The van der Waals surface area contributed by atoms with Crippen LogP contribution in [-0.4, -0.2) is 30.4 Å². The van der Waals surface area contributed by atoms with Crippen molar-refractivity contribution in [1.82, 2.24) is 10.2 Å². The van der Waals surface area contributed by atoms with Crippen molar-refractivity contribution in [2.75, 3.05) is 19.6 Å². The molecule has 1 N–H and O–H groups in total. The zero-order valence-corrected chi connectivity index (χ0v) is 14.9. The minimum absolute atomic E-state index is 0.0661. The van der Waals surface area contributed by atoms with E-state index in [1.165, 1.54) is 34.4 Å². The van der Waals surface area contributed by atoms with Crippen LogP contribution < -0.4 is 5.32 Å². The Balaban J connectivity index is 1.60. The molecule has 2 aliphatic rings. The van der Waals surface area contributed by atoms with Gasteiger partial charge in [-0.25, -0.2) is 0 Å². The van der Waals surface area contributed by atoms with Crippen LogP contribution in [0.5, 0.6) is 0 Å². The molecule has 0 spiro atoms. The summed E-state index contributed by atoms with van der Waals surface area (Å²) >= 11 is 1.82. The number of nitrogens with one attached hydrogen (secondary N) is 1. The van der Waals surface area contributed by atoms with Crippen molar-refractivity contribution in [3.8, 4) is 0 Å². The summed E-state index contributed by atoms with van der Waals surface area (Å²) in [7, 11) is 0. The summed E-state index contributed by atoms with van der Waals surface area (Å²) in [6, 6.07) is 10.7. The van der Waals surface area contributed by atoms with E-state index in [9.17, 15) is 4.79 Å². The Morgan fingerprint density at radius 1 is 1.25 bits per heavy atom. The van der Waals surface area contributed by atoms with E-state index in [1.54, 1.807) is 0 Å². The molecule has 4 rings (SSSR count). The molecular formula is C20H24N2OS. The molecule has 4 heteroatoms. The minimum Gasteiger partial charge on any atom is -0.330 e. The van der Waals surface area contributed by atoms with Gasteiger partial charge in [0.1, 0.15) is 0 Å². The number of fused-ring (bicyclic) bond motifs is 1. The van der Waals surface area contributed by atoms with Gasteiger partial charge in [0.2, 0.25) is 5.91 Å². The summed E-state index contributed by atoms with van der Waals surface area (Å²) in [5, 5.41) is 5.52. The van der Waals surface area contributed by atoms with Crippen molar-refractivity contribution in [1.29, 1.82) is 0 Å². The maximum Gasteiger partial charge on any atom is 0.237 e. The second kappa shape index (κ2) is 6.69. The minimum atomic E-state index is 0.0661. The molecule has 1 aliphatic heterocycles. The van der Waals surface area contributed by atoms with Gasteiger partial charge in [-0.3, -0.25) is 4.79 Å². The lowest BCUT2D eigenvalue weighted by molar-refractivity contribution is -0.132. The first kappa shape index (κ1) is 15.9. The summed E-state index contributed by atoms with van der Waals surface area (Å²) in [4.78, 5) is 16.4. The standard InChI is InChI=1S/C20H24N2OS/c1-14-4-2-3-5-16(14)20-17-9-11-24-18(17)8-10-22(20)19(23)13-21-12-15-6-7-15/h2-5,9,11,15,20-21H,6-8,10,12-13H2,1H3/t20-/m1/s1. The van der Waals surface area contributed by atoms with Crippen LogP contribution in [0.1, 0.15) is 40.5 Å². The molecule has 2 heterocycles. The highest BCUT2D eigenvalue weighted by Crippen LogP contribution is 2.38. The first-order chi connectivity index (χ1) is 11.7. The Hall–Kier alpha value is -1.65. The molecule has 0 saturated heterocycles. The van der Waals surface area contributed by atoms with Crippen LogP contribution in [0.2, 0.25) is 0 Å². The summed E-state index contributed by atoms with van der Waals surface area (Å²) in [5.41, 5.74) is 3.83. The summed E-state index contributed by atoms with van der Waals surface area (Å²) in [5.74, 6) is 1.02. The average Bonchev–Trinajstić information content (AvgIpc) is 3.28. The molecule has 1 atom stereocenters. The number of thiophene rings is 1. The highest BCUT2D eigenvalue weighted by atomic mass is 32.1. The van der Waals surface area contributed by atoms with E-state index in [2.05, 4.69) is 52.9 Å². The number of amides is 1. The topological polar surface area (TPSA) is 32.3 Å². The van der Waals surface area contributed by atoms with Crippen molar-refractivity contribution in [2.45, 2.75) is 32.2 Å². The Morgan fingerprint density at radius 3 is 2.88 bits per heavy atom. The Morgan fingerprint density at radius 2 is 2.08 bits per heavy atom. The first-order valence-corrected chi connectivity index (χ1v) is 9.74. The highest BCUT2D eigenvalue weighted by Gasteiger charge is 2.33. The molecule has 0 bridgehead atoms. The number of benzene rings is 1. The van der Waals surface area contributed by atoms with Gasteiger partial charge in [-0.05, 0) is 66.8 Å². The van der Waals surface area contributed by atoms with Crippen LogP contribution in [0.3, 0.4) is 0 Å². The van der Waals surface area contributed by atoms with Crippen LogP contribution in [0.25, 0.3) is 0 Å². The number of aryl methyl sites for hydroxylation is 1. The number of carbonyl (C=O) groups is 1. The summed E-state index contributed by atoms with van der Waals surface area (Å²) in [6.45, 7) is 4.40. The van der Waals surface area contributed by atoms with Gasteiger partial charge in [-0.15, -0.1) is 11.3 Å². The number of hydrogen-bond donors (Lipinski definition) is 1. The predicted octanol–water partition coefficient (Wildman–Crippen LogP) is 3.53. The molecule has 126 valence electrons. The van der Waals surface area contributed by atoms with Crippen molar-refractivity contribution in [3.05, 3.63) is 57.3 Å². The van der Waals surface area contributed by atoms with Crippen LogP contribution in [0.4, 0.5) is 0 Å². The monoisotopic (exact) mass is 340 g/mol. The number of nitrogens with zero attached hydrogens (tertiary/aromatic N) is 1. The Labute approximate surface area is 147 Å². The second-order valence-electron chi connectivity index (χ2n) is 6.97. The van der Waals surface area contributed by atoms with Gasteiger partial charge >= 0.3 is 0 Å². The molecule has 1 saturated carbocycles. The van der Waals surface area contributed by atoms with Crippen LogP contribution in [0, 0.1) is 12.8 Å². The molecule has 1 aliphatic carbocycles. The van der Waals surface area contributed by atoms with E-state index >= 15 is 0 Å². The second-order valence-corrected chi connectivity index (χ2v) is 7.97. The van der Waals surface area contributed by atoms with Crippen LogP contribution >= 0.6 is 11.3 Å². The smallest absolute Gasteiger partial charge is 0.237 e. The lowest BCUT2D eigenvalue weighted by Gasteiger charge is -2.37. The fourth-order valence-corrected chi connectivity index (χ4v) is 4.52. The Kier molecular flexibility index (Phi) is 4.42. The van der Waals surface area contributed by atoms with Crippen molar-refractivity contribution >= 4 is 17.2 Å². The van der Waals surface area contributed by atoms with Crippen molar-refractivity contribution in [3.63, 3.8) is 0 Å². The van der Waals surface area contributed by atoms with E-state index < -0.39 is 0 Å². The van der Waals surface area contributed by atoms with Gasteiger partial charge in [0.05, 0.1) is 12.6 Å². The van der Waals surface area contributed by atoms with Gasteiger partial charge in [0.15, 0.2) is 0 Å². The Bertz CT molecular complexity index is 735. The van der Waals surface area contributed by atoms with E-state index in [0.717, 1.165) is 25.4 Å². The van der Waals surface area contributed by atoms with Gasteiger partial charge in [-0.2, -0.15) is 0 Å². The van der Waals surface area contributed by atoms with Gasteiger partial charge < -0.3 is 10.2 Å². The fourth-order valence-electron chi connectivity index (χ4n) is 3.62. The zero-order valence-electron chi connectivity index (χ0n) is 14.1. The SMILES string of the molecule is Cc1ccccc1[C@@H]1c2ccsc2CCN1C(=O)CNCC1CC1. The maximum absolute atomic E-state index is 12.9. The third kappa shape index (κ3) is 3.13. The molecule has 0 unspecified atom stereocenters. The molecule has 24 heavy (non-hydrogen) atoms. The maximum atomic E-state index is 12.9. The number of rotatable bonds is 5. The molecule has 1 amide bonds. The fraction of sp³-hybridized carbons (Fsp3) is 0.450. The molecule has 1 fully saturated rings. The number of hydrogen-bond acceptors (Lipinski definition) is 3. The average molecular weight is 340 g/mol. The van der Waals surface area contributed by atoms with E-state index in [4.69, 9.17) is 0 Å². The molecule has 1 aromatic heterocycles.